The number of benzene rings is 3. The third-order valence-electron chi connectivity index (χ3n) is 4.32. The molecule has 0 N–H and O–H groups in total. The Morgan fingerprint density at radius 1 is 0.750 bits per heavy atom. The van der Waals surface area contributed by atoms with E-state index in [9.17, 15) is 0 Å². The van der Waals surface area contributed by atoms with Gasteiger partial charge in [0.05, 0.1) is 0 Å². The van der Waals surface area contributed by atoms with E-state index >= 15 is 0 Å². The molecule has 0 saturated heterocycles. The summed E-state index contributed by atoms with van der Waals surface area (Å²) >= 11 is 0. The van der Waals surface area contributed by atoms with Gasteiger partial charge in [0.2, 0.25) is 5.89 Å². The summed E-state index contributed by atoms with van der Waals surface area (Å²) in [6, 6.07) is 25.0. The molecule has 2 nitrogen and oxygen atoms in total. The van der Waals surface area contributed by atoms with E-state index in [1.807, 2.05) is 12.1 Å². The zero-order valence-electron chi connectivity index (χ0n) is 13.9. The highest BCUT2D eigenvalue weighted by Crippen LogP contribution is 2.28. The summed E-state index contributed by atoms with van der Waals surface area (Å²) in [5, 5.41) is 0. The second kappa shape index (κ2) is 5.97. The summed E-state index contributed by atoms with van der Waals surface area (Å²) in [6.07, 6.45) is 0. The lowest BCUT2D eigenvalue weighted by molar-refractivity contribution is 0.619. The van der Waals surface area contributed by atoms with Crippen molar-refractivity contribution in [1.29, 1.82) is 0 Å². The van der Waals surface area contributed by atoms with Crippen LogP contribution in [0.3, 0.4) is 0 Å². The first-order valence-electron chi connectivity index (χ1n) is 8.27. The van der Waals surface area contributed by atoms with Crippen LogP contribution in [0, 0.1) is 0 Å². The number of hydrogen-bond donors (Lipinski definition) is 0. The predicted octanol–water partition coefficient (Wildman–Crippen LogP) is 6.29. The largest absolute Gasteiger partial charge is 0.436 e. The van der Waals surface area contributed by atoms with E-state index in [1.165, 1.54) is 16.7 Å². The molecule has 0 bridgehead atoms. The van der Waals surface area contributed by atoms with Gasteiger partial charge in [-0.1, -0.05) is 62.4 Å². The second-order valence-electron chi connectivity index (χ2n) is 6.34. The molecule has 2 heteroatoms. The fraction of sp³-hybridized carbons (Fsp3) is 0.136. The Kier molecular flexibility index (Phi) is 3.66. The van der Waals surface area contributed by atoms with E-state index in [1.54, 1.807) is 0 Å². The molecule has 3 aromatic carbocycles. The van der Waals surface area contributed by atoms with Crippen LogP contribution in [-0.4, -0.2) is 4.98 Å². The highest BCUT2D eigenvalue weighted by Gasteiger charge is 2.10. The van der Waals surface area contributed by atoms with Gasteiger partial charge in [0, 0.05) is 5.56 Å². The van der Waals surface area contributed by atoms with Gasteiger partial charge in [0.1, 0.15) is 5.52 Å². The molecular weight excluding hydrogens is 294 g/mol. The second-order valence-corrected chi connectivity index (χ2v) is 6.34. The number of aromatic nitrogens is 1. The Balaban J connectivity index is 1.69. The van der Waals surface area contributed by atoms with Gasteiger partial charge in [-0.3, -0.25) is 0 Å². The monoisotopic (exact) mass is 313 g/mol. The zero-order valence-corrected chi connectivity index (χ0v) is 13.9. The molecule has 24 heavy (non-hydrogen) atoms. The van der Waals surface area contributed by atoms with Gasteiger partial charge in [-0.15, -0.1) is 0 Å². The quantitative estimate of drug-likeness (QED) is 0.444. The van der Waals surface area contributed by atoms with Crippen LogP contribution >= 0.6 is 0 Å². The van der Waals surface area contributed by atoms with Gasteiger partial charge in [-0.2, -0.15) is 0 Å². The molecule has 0 aliphatic rings. The van der Waals surface area contributed by atoms with Gasteiger partial charge in [-0.05, 0) is 46.9 Å². The minimum atomic E-state index is 0.486. The van der Waals surface area contributed by atoms with Crippen molar-refractivity contribution in [3.05, 3.63) is 78.4 Å². The molecule has 0 amide bonds. The third-order valence-corrected chi connectivity index (χ3v) is 4.32. The molecule has 0 atom stereocenters. The van der Waals surface area contributed by atoms with Gasteiger partial charge >= 0.3 is 0 Å². The van der Waals surface area contributed by atoms with E-state index in [-0.39, 0.29) is 0 Å². The number of rotatable bonds is 3. The van der Waals surface area contributed by atoms with Gasteiger partial charge in [-0.25, -0.2) is 4.98 Å². The molecule has 0 fully saturated rings. The van der Waals surface area contributed by atoms with E-state index in [2.05, 4.69) is 79.5 Å². The summed E-state index contributed by atoms with van der Waals surface area (Å²) in [7, 11) is 0. The molecule has 0 radical (unpaired) electrons. The van der Waals surface area contributed by atoms with Crippen molar-refractivity contribution in [2.75, 3.05) is 0 Å². The minimum Gasteiger partial charge on any atom is -0.436 e. The van der Waals surface area contributed by atoms with Gasteiger partial charge in [0.15, 0.2) is 5.58 Å². The molecule has 1 heterocycles. The molecule has 0 aliphatic heterocycles. The Labute approximate surface area is 141 Å². The van der Waals surface area contributed by atoms with Gasteiger partial charge in [0.25, 0.3) is 0 Å². The Morgan fingerprint density at radius 3 is 2.12 bits per heavy atom. The lowest BCUT2D eigenvalue weighted by Crippen LogP contribution is -1.85. The lowest BCUT2D eigenvalue weighted by Gasteiger charge is -2.02. The van der Waals surface area contributed by atoms with E-state index < -0.39 is 0 Å². The molecule has 0 spiro atoms. The van der Waals surface area contributed by atoms with Crippen molar-refractivity contribution in [3.63, 3.8) is 0 Å². The van der Waals surface area contributed by atoms with Crippen LogP contribution < -0.4 is 0 Å². The SMILES string of the molecule is CC(C)c1ccc2oc(-c3ccc(-c4ccccc4)cc3)nc2c1. The van der Waals surface area contributed by atoms with Crippen LogP contribution in [0.1, 0.15) is 25.3 Å². The maximum atomic E-state index is 5.92. The average molecular weight is 313 g/mol. The first-order chi connectivity index (χ1) is 11.7. The fourth-order valence-corrected chi connectivity index (χ4v) is 2.86. The number of hydrogen-bond acceptors (Lipinski definition) is 2. The highest BCUT2D eigenvalue weighted by molar-refractivity contribution is 5.77. The molecule has 0 unspecified atom stereocenters. The summed E-state index contributed by atoms with van der Waals surface area (Å²) in [5.41, 5.74) is 6.43. The normalized spacial score (nSPS) is 11.3. The molecule has 0 aliphatic carbocycles. The molecular formula is C22H19NO. The number of fused-ring (bicyclic) bond motifs is 1. The summed E-state index contributed by atoms with van der Waals surface area (Å²) in [6.45, 7) is 4.37. The predicted molar refractivity (Wildman–Crippen MR) is 99.0 cm³/mol. The van der Waals surface area contributed by atoms with Crippen LogP contribution in [-0.2, 0) is 0 Å². The smallest absolute Gasteiger partial charge is 0.227 e. The fourth-order valence-electron chi connectivity index (χ4n) is 2.86. The summed E-state index contributed by atoms with van der Waals surface area (Å²) < 4.78 is 5.92. The molecule has 4 aromatic rings. The summed E-state index contributed by atoms with van der Waals surface area (Å²) in [5.74, 6) is 1.16. The topological polar surface area (TPSA) is 26.0 Å². The lowest BCUT2D eigenvalue weighted by atomic mass is 10.0. The maximum absolute atomic E-state index is 5.92. The average Bonchev–Trinajstić information content (AvgIpc) is 3.06. The molecule has 4 rings (SSSR count). The van der Waals surface area contributed by atoms with Crippen LogP contribution in [0.2, 0.25) is 0 Å². The Bertz CT molecular complexity index is 966. The van der Waals surface area contributed by atoms with Crippen molar-refractivity contribution < 1.29 is 4.42 Å². The Hall–Kier alpha value is -2.87. The van der Waals surface area contributed by atoms with Crippen LogP contribution in [0.5, 0.6) is 0 Å². The van der Waals surface area contributed by atoms with Crippen LogP contribution in [0.4, 0.5) is 0 Å². The maximum Gasteiger partial charge on any atom is 0.227 e. The van der Waals surface area contributed by atoms with Crippen molar-refractivity contribution in [1.82, 2.24) is 4.98 Å². The highest BCUT2D eigenvalue weighted by atomic mass is 16.3. The number of oxazole rings is 1. The first kappa shape index (κ1) is 14.7. The van der Waals surface area contributed by atoms with Crippen molar-refractivity contribution in [2.24, 2.45) is 0 Å². The molecule has 0 saturated carbocycles. The first-order valence-corrected chi connectivity index (χ1v) is 8.27. The zero-order chi connectivity index (χ0) is 16.5. The minimum absolute atomic E-state index is 0.486. The van der Waals surface area contributed by atoms with Crippen LogP contribution in [0.15, 0.2) is 77.2 Å². The van der Waals surface area contributed by atoms with E-state index in [0.29, 0.717) is 11.8 Å². The van der Waals surface area contributed by atoms with E-state index in [0.717, 1.165) is 16.7 Å². The Morgan fingerprint density at radius 2 is 1.42 bits per heavy atom. The van der Waals surface area contributed by atoms with Crippen molar-refractivity contribution in [3.8, 4) is 22.6 Å². The molecule has 1 aromatic heterocycles. The van der Waals surface area contributed by atoms with Crippen LogP contribution in [0.25, 0.3) is 33.7 Å². The van der Waals surface area contributed by atoms with Crippen molar-refractivity contribution >= 4 is 11.1 Å². The van der Waals surface area contributed by atoms with Gasteiger partial charge < -0.3 is 4.42 Å². The molecule has 118 valence electrons. The standard InChI is InChI=1S/C22H19NO/c1-15(2)19-12-13-21-20(14-19)23-22(24-21)18-10-8-17(9-11-18)16-6-4-3-5-7-16/h3-15H,1-2H3. The summed E-state index contributed by atoms with van der Waals surface area (Å²) in [4.78, 5) is 4.66. The van der Waals surface area contributed by atoms with Crippen molar-refractivity contribution in [2.45, 2.75) is 19.8 Å². The number of nitrogens with zero attached hydrogens (tertiary/aromatic N) is 1. The third kappa shape index (κ3) is 2.71. The van der Waals surface area contributed by atoms with E-state index in [4.69, 9.17) is 4.42 Å².